The summed E-state index contributed by atoms with van der Waals surface area (Å²) in [5, 5.41) is 46.7. The van der Waals surface area contributed by atoms with Crippen molar-refractivity contribution in [2.75, 3.05) is 46.1 Å². The van der Waals surface area contributed by atoms with Gasteiger partial charge in [-0.2, -0.15) is 0 Å². The number of nitrogens with zero attached hydrogens (tertiary/aromatic N) is 9. The summed E-state index contributed by atoms with van der Waals surface area (Å²) < 4.78 is 9.27. The van der Waals surface area contributed by atoms with E-state index in [1.54, 1.807) is 55.6 Å². The Bertz CT molecular complexity index is 4380. The fourth-order valence-electron chi connectivity index (χ4n) is 10.9. The molecule has 0 unspecified atom stereocenters. The van der Waals surface area contributed by atoms with Gasteiger partial charge in [0.25, 0.3) is 11.8 Å². The van der Waals surface area contributed by atoms with E-state index in [9.17, 15) is 33.9 Å². The van der Waals surface area contributed by atoms with Crippen molar-refractivity contribution in [3.05, 3.63) is 145 Å². The minimum Gasteiger partial charge on any atom is -0.481 e. The van der Waals surface area contributed by atoms with Crippen molar-refractivity contribution in [3.8, 4) is 0 Å². The van der Waals surface area contributed by atoms with Crippen molar-refractivity contribution in [3.63, 3.8) is 0 Å². The molecule has 9 heterocycles. The number of methoxy groups -OCH3 is 2. The molecule has 6 aliphatic carbocycles. The monoisotopic (exact) mass is 1370 g/mol. The van der Waals surface area contributed by atoms with E-state index in [2.05, 4.69) is 92.1 Å². The van der Waals surface area contributed by atoms with E-state index in [1.165, 1.54) is 20.4 Å². The molecule has 17 N–H and O–H groups in total. The molecule has 0 saturated heterocycles. The Balaban J connectivity index is 0.000000162. The number of hydrogen-bond acceptors (Lipinski definition) is 25. The molecule has 518 valence electrons. The summed E-state index contributed by atoms with van der Waals surface area (Å²) in [4.78, 5) is 109. The lowest BCUT2D eigenvalue weighted by Crippen LogP contribution is -2.47. The van der Waals surface area contributed by atoms with Crippen molar-refractivity contribution in [2.24, 2.45) is 23.5 Å². The Kier molecular flexibility index (Phi) is 23.9. The largest absolute Gasteiger partial charge is 0.481 e. The number of hydrogen-bond donors (Lipinski definition) is 12. The highest BCUT2D eigenvalue weighted by Crippen LogP contribution is 2.35. The van der Waals surface area contributed by atoms with Crippen LogP contribution in [0.15, 0.2) is 129 Å². The maximum absolute atomic E-state index is 12.9. The molecule has 6 fully saturated rings. The van der Waals surface area contributed by atoms with Gasteiger partial charge in [0.05, 0.1) is 76.7 Å². The van der Waals surface area contributed by atoms with E-state index in [0.29, 0.717) is 101 Å². The average molecular weight is 1370 g/mol. The molecular weight excluding hydrogens is 1290 g/mol. The molecule has 30 nitrogen and oxygen atoms in total. The second-order valence-corrected chi connectivity index (χ2v) is 24.6. The molecule has 99 heavy (non-hydrogen) atoms. The quantitative estimate of drug-likeness (QED) is 0.0317. The molecule has 6 saturated carbocycles. The number of ether oxygens (including phenoxy) is 2. The SMILES string of the molecule is COC(=O)C1CC(N)C1.COC(=O)C1CC(NC(=O)c2cnc(Nc3ccc4cnccc4n3)cc2NC2CC2)C1.Cl.N.O.O=C(NC1CC(C(=O)O)C1)c1cnc(Nc2ccc3cnccc3n2)cc1NC1CC1.O=C(O)c1cnc(Nc2ccc3cnccc3n2)cc1NC1CC1. The first-order chi connectivity index (χ1) is 46.6. The number of halogens is 1. The van der Waals surface area contributed by atoms with Gasteiger partial charge in [-0.1, -0.05) is 0 Å². The molecule has 0 aliphatic heterocycles. The normalized spacial score (nSPS) is 18.9. The third kappa shape index (κ3) is 19.1. The molecule has 0 aromatic carbocycles. The Labute approximate surface area is 574 Å². The van der Waals surface area contributed by atoms with Gasteiger partial charge in [0.2, 0.25) is 0 Å². The van der Waals surface area contributed by atoms with Gasteiger partial charge in [-0.3, -0.25) is 38.9 Å². The van der Waals surface area contributed by atoms with E-state index < -0.39 is 11.9 Å². The molecule has 15 rings (SSSR count). The number of rotatable bonds is 20. The number of carbonyl (C=O) groups excluding carboxylic acids is 4. The molecule has 0 radical (unpaired) electrons. The number of aromatic nitrogens is 9. The fourth-order valence-corrected chi connectivity index (χ4v) is 10.9. The lowest BCUT2D eigenvalue weighted by atomic mass is 9.80. The fraction of sp³-hybridized carbons (Fsp3) is 0.338. The summed E-state index contributed by atoms with van der Waals surface area (Å²) in [5.74, 6) is 0.678. The summed E-state index contributed by atoms with van der Waals surface area (Å²) in [6.07, 6.45) is 25.0. The zero-order valence-corrected chi connectivity index (χ0v) is 55.0. The van der Waals surface area contributed by atoms with Gasteiger partial charge in [0, 0.05) is 126 Å². The maximum Gasteiger partial charge on any atom is 0.339 e. The van der Waals surface area contributed by atoms with Gasteiger partial charge in [0.1, 0.15) is 40.5 Å². The number of aromatic carboxylic acids is 1. The van der Waals surface area contributed by atoms with Crippen LogP contribution < -0.4 is 54.4 Å². The number of anilines is 9. The second kappa shape index (κ2) is 32.8. The van der Waals surface area contributed by atoms with Crippen LogP contribution in [0.25, 0.3) is 32.7 Å². The summed E-state index contributed by atoms with van der Waals surface area (Å²) in [5.41, 5.74) is 11.1. The van der Waals surface area contributed by atoms with Crippen LogP contribution in [0.1, 0.15) is 108 Å². The van der Waals surface area contributed by atoms with Crippen LogP contribution >= 0.6 is 12.4 Å². The van der Waals surface area contributed by atoms with Crippen molar-refractivity contribution < 1.29 is 53.9 Å². The highest BCUT2D eigenvalue weighted by atomic mass is 35.5. The van der Waals surface area contributed by atoms with E-state index in [1.807, 2.05) is 66.7 Å². The smallest absolute Gasteiger partial charge is 0.339 e. The van der Waals surface area contributed by atoms with Gasteiger partial charge >= 0.3 is 23.9 Å². The summed E-state index contributed by atoms with van der Waals surface area (Å²) in [6, 6.07) is 23.4. The number of aliphatic carboxylic acids is 1. The van der Waals surface area contributed by atoms with Gasteiger partial charge in [-0.15, -0.1) is 12.4 Å². The van der Waals surface area contributed by atoms with Crippen molar-refractivity contribution in [2.45, 2.75) is 113 Å². The molecule has 9 aromatic rings. The highest BCUT2D eigenvalue weighted by molar-refractivity contribution is 6.01. The predicted molar refractivity (Wildman–Crippen MR) is 374 cm³/mol. The Morgan fingerprint density at radius 3 is 1.10 bits per heavy atom. The standard InChI is InChI=1S/C23H24N6O3.C22H22N6O3.C17H15N5O2.C6H11NO2.ClH.H3N.H2O/c1-32-23(31)14-8-16(9-14)27-22(30)17-12-25-21(10-19(17)26-15-3-4-15)29-20-5-2-13-11-24-7-6-18(13)28-20;29-21(26-15-7-13(8-15)22(30)31)16-11-24-20(9-18(16)25-14-2-3-14)28-19-4-1-12-10-23-6-5-17(12)27-19;23-17(24)12-9-19-16(7-14(12)20-11-2-3-11)22-15-4-1-10-8-18-6-5-13(10)21-15;1-9-6(8)4-2-5(7)3-4;;;/h2,5-7,10-12,14-16H,3-4,8-9H2,1H3,(H,27,30)(H2,25,26,28,29);1,4-6,9-11,13-15H,2-3,7-8H2,(H,26,29)(H,30,31)(H2,24,25,27,28);1,4-9,11H,2-3H2,(H,23,24)(H2,19,20,21,22);4-5H,2-3,7H2,1H3;1H;1H3;1H2. The number of amides is 2. The number of nitrogens with two attached hydrogens (primary N) is 1. The number of esters is 2. The van der Waals surface area contributed by atoms with E-state index >= 15 is 0 Å². The Morgan fingerprint density at radius 1 is 0.444 bits per heavy atom. The van der Waals surface area contributed by atoms with Gasteiger partial charge in [-0.25, -0.2) is 34.7 Å². The third-order valence-corrected chi connectivity index (χ3v) is 17.0. The molecule has 0 atom stereocenters. The number of pyridine rings is 9. The maximum atomic E-state index is 12.9. The summed E-state index contributed by atoms with van der Waals surface area (Å²) in [7, 11) is 2.79. The van der Waals surface area contributed by atoms with Crippen LogP contribution in [0.2, 0.25) is 0 Å². The van der Waals surface area contributed by atoms with E-state index in [4.69, 9.17) is 15.6 Å². The Hall–Kier alpha value is -11.1. The number of nitrogens with one attached hydrogen (secondary N) is 8. The number of carboxylic acid groups (broad SMARTS) is 2. The van der Waals surface area contributed by atoms with Gasteiger partial charge < -0.3 is 79.6 Å². The number of carbonyl (C=O) groups is 6. The second-order valence-electron chi connectivity index (χ2n) is 24.6. The molecule has 2 amide bonds. The van der Waals surface area contributed by atoms with Crippen LogP contribution in [-0.4, -0.2) is 147 Å². The van der Waals surface area contributed by atoms with Crippen LogP contribution in [-0.2, 0) is 23.9 Å². The molecule has 9 aromatic heterocycles. The first-order valence-corrected chi connectivity index (χ1v) is 31.8. The van der Waals surface area contributed by atoms with Crippen LogP contribution in [0.3, 0.4) is 0 Å². The zero-order valence-electron chi connectivity index (χ0n) is 54.2. The molecule has 6 aliphatic rings. The highest BCUT2D eigenvalue weighted by Gasteiger charge is 2.38. The lowest BCUT2D eigenvalue weighted by Gasteiger charge is -2.33. The average Bonchev–Trinajstić information content (AvgIpc) is 1.61. The molecule has 0 bridgehead atoms. The van der Waals surface area contributed by atoms with Gasteiger partial charge in [0.15, 0.2) is 0 Å². The summed E-state index contributed by atoms with van der Waals surface area (Å²) in [6.45, 7) is 0. The topological polar surface area (TPSA) is 466 Å². The van der Waals surface area contributed by atoms with Gasteiger partial charge in [-0.05, 0) is 132 Å². The summed E-state index contributed by atoms with van der Waals surface area (Å²) >= 11 is 0. The van der Waals surface area contributed by atoms with E-state index in [0.717, 1.165) is 89.8 Å². The first-order valence-electron chi connectivity index (χ1n) is 31.8. The first kappa shape index (κ1) is 72.2. The predicted octanol–water partition coefficient (Wildman–Crippen LogP) is 8.66. The van der Waals surface area contributed by atoms with Crippen molar-refractivity contribution in [1.29, 1.82) is 0 Å². The van der Waals surface area contributed by atoms with E-state index in [-0.39, 0.29) is 89.2 Å². The molecule has 31 heteroatoms. The number of fused-ring (bicyclic) bond motifs is 3. The molecular formula is C68H78ClN19O11. The zero-order chi connectivity index (χ0) is 66.8. The minimum atomic E-state index is -0.992. The van der Waals surface area contributed by atoms with Crippen LogP contribution in [0.5, 0.6) is 0 Å². The van der Waals surface area contributed by atoms with Crippen molar-refractivity contribution >= 4 is 133 Å². The number of carboxylic acids is 2. The van der Waals surface area contributed by atoms with Crippen LogP contribution in [0.4, 0.5) is 52.0 Å². The minimum absolute atomic E-state index is 0. The molecule has 0 spiro atoms. The lowest BCUT2D eigenvalue weighted by molar-refractivity contribution is -0.149. The van der Waals surface area contributed by atoms with Crippen LogP contribution in [0, 0.1) is 17.8 Å². The third-order valence-electron chi connectivity index (χ3n) is 17.0. The van der Waals surface area contributed by atoms with Crippen molar-refractivity contribution in [1.82, 2.24) is 61.6 Å². The Morgan fingerprint density at radius 2 is 0.778 bits per heavy atom.